The van der Waals surface area contributed by atoms with Crippen LogP contribution in [0.3, 0.4) is 0 Å². The third-order valence-corrected chi connectivity index (χ3v) is 4.57. The molecule has 1 aromatic heterocycles. The van der Waals surface area contributed by atoms with E-state index in [1.54, 1.807) is 13.1 Å². The molecule has 0 aromatic carbocycles. The molecule has 7 heteroatoms. The Morgan fingerprint density at radius 1 is 1.62 bits per heavy atom. The van der Waals surface area contributed by atoms with Gasteiger partial charge in [0.1, 0.15) is 5.01 Å². The van der Waals surface area contributed by atoms with Crippen molar-refractivity contribution >= 4 is 21.4 Å². The van der Waals surface area contributed by atoms with Crippen molar-refractivity contribution < 1.29 is 13.5 Å². The van der Waals surface area contributed by atoms with E-state index in [1.165, 1.54) is 11.3 Å². The second-order valence-electron chi connectivity index (χ2n) is 3.54. The molecule has 16 heavy (non-hydrogen) atoms. The largest absolute Gasteiger partial charge is 0.396 e. The molecule has 2 N–H and O–H groups in total. The van der Waals surface area contributed by atoms with Crippen molar-refractivity contribution in [3.05, 3.63) is 16.1 Å². The minimum Gasteiger partial charge on any atom is -0.396 e. The van der Waals surface area contributed by atoms with Crippen molar-refractivity contribution in [2.75, 3.05) is 12.4 Å². The molecule has 1 rings (SSSR count). The average molecular weight is 264 g/mol. The third kappa shape index (κ3) is 4.17. The standard InChI is InChI=1S/C9H16N2O3S2/c1-7-6-10-9(15-7)8(2)11-16(13,14)5-3-4-12/h6,8,11-12H,3-5H2,1-2H3. The van der Waals surface area contributed by atoms with E-state index in [2.05, 4.69) is 9.71 Å². The second-order valence-corrected chi connectivity index (χ2v) is 6.68. The number of aliphatic hydroxyl groups is 1. The lowest BCUT2D eigenvalue weighted by molar-refractivity contribution is 0.295. The van der Waals surface area contributed by atoms with Crippen LogP contribution in [0.5, 0.6) is 0 Å². The van der Waals surface area contributed by atoms with Gasteiger partial charge in [0.15, 0.2) is 0 Å². The number of nitrogens with one attached hydrogen (secondary N) is 1. The van der Waals surface area contributed by atoms with Crippen molar-refractivity contribution in [1.82, 2.24) is 9.71 Å². The van der Waals surface area contributed by atoms with Gasteiger partial charge < -0.3 is 5.11 Å². The lowest BCUT2D eigenvalue weighted by Gasteiger charge is -2.11. The molecule has 1 aromatic rings. The van der Waals surface area contributed by atoms with E-state index in [1.807, 2.05) is 6.92 Å². The molecule has 92 valence electrons. The number of aliphatic hydroxyl groups excluding tert-OH is 1. The maximum atomic E-state index is 11.5. The van der Waals surface area contributed by atoms with Crippen LogP contribution in [0.25, 0.3) is 0 Å². The zero-order chi connectivity index (χ0) is 12.2. The van der Waals surface area contributed by atoms with Crippen molar-refractivity contribution in [3.8, 4) is 0 Å². The van der Waals surface area contributed by atoms with Crippen LogP contribution in [0.15, 0.2) is 6.20 Å². The first-order valence-electron chi connectivity index (χ1n) is 4.98. The number of hydrogen-bond acceptors (Lipinski definition) is 5. The highest BCUT2D eigenvalue weighted by Gasteiger charge is 2.17. The molecule has 0 aliphatic rings. The van der Waals surface area contributed by atoms with Gasteiger partial charge in [-0.25, -0.2) is 18.1 Å². The second kappa shape index (κ2) is 5.72. The summed E-state index contributed by atoms with van der Waals surface area (Å²) >= 11 is 1.47. The zero-order valence-electron chi connectivity index (χ0n) is 9.30. The monoisotopic (exact) mass is 264 g/mol. The van der Waals surface area contributed by atoms with Crippen molar-refractivity contribution in [2.45, 2.75) is 26.3 Å². The van der Waals surface area contributed by atoms with Crippen LogP contribution in [0.4, 0.5) is 0 Å². The molecule has 0 saturated heterocycles. The number of hydrogen-bond donors (Lipinski definition) is 2. The molecular formula is C9H16N2O3S2. The fourth-order valence-corrected chi connectivity index (χ4v) is 3.33. The molecule has 0 amide bonds. The molecule has 1 atom stereocenters. The lowest BCUT2D eigenvalue weighted by atomic mass is 10.4. The topological polar surface area (TPSA) is 79.3 Å². The van der Waals surface area contributed by atoms with Gasteiger partial charge in [0.05, 0.1) is 11.8 Å². The summed E-state index contributed by atoms with van der Waals surface area (Å²) in [5.41, 5.74) is 0. The van der Waals surface area contributed by atoms with Gasteiger partial charge >= 0.3 is 0 Å². The normalized spacial score (nSPS) is 13.9. The van der Waals surface area contributed by atoms with Crippen LogP contribution in [0.2, 0.25) is 0 Å². The highest BCUT2D eigenvalue weighted by atomic mass is 32.2. The molecule has 0 bridgehead atoms. The summed E-state index contributed by atoms with van der Waals surface area (Å²) in [5.74, 6) is -0.0573. The van der Waals surface area contributed by atoms with Gasteiger partial charge in [0.2, 0.25) is 10.0 Å². The number of aromatic nitrogens is 1. The van der Waals surface area contributed by atoms with Gasteiger partial charge in [-0.1, -0.05) is 0 Å². The summed E-state index contributed by atoms with van der Waals surface area (Å²) in [6.45, 7) is 3.56. The summed E-state index contributed by atoms with van der Waals surface area (Å²) in [4.78, 5) is 5.17. The molecule has 0 saturated carbocycles. The molecular weight excluding hydrogens is 248 g/mol. The Hall–Kier alpha value is -0.500. The van der Waals surface area contributed by atoms with E-state index in [-0.39, 0.29) is 24.8 Å². The number of rotatable bonds is 6. The number of thiazole rings is 1. The van der Waals surface area contributed by atoms with Crippen molar-refractivity contribution in [3.63, 3.8) is 0 Å². The molecule has 0 radical (unpaired) electrons. The molecule has 0 fully saturated rings. The maximum Gasteiger partial charge on any atom is 0.212 e. The fourth-order valence-electron chi connectivity index (χ4n) is 1.21. The van der Waals surface area contributed by atoms with Gasteiger partial charge in [0.25, 0.3) is 0 Å². The predicted octanol–water partition coefficient (Wildman–Crippen LogP) is 0.814. The first kappa shape index (κ1) is 13.6. The summed E-state index contributed by atoms with van der Waals surface area (Å²) in [6.07, 6.45) is 1.97. The minimum absolute atomic E-state index is 0.0573. The van der Waals surface area contributed by atoms with E-state index in [4.69, 9.17) is 5.11 Å². The van der Waals surface area contributed by atoms with E-state index in [0.29, 0.717) is 0 Å². The summed E-state index contributed by atoms with van der Waals surface area (Å²) < 4.78 is 25.6. The minimum atomic E-state index is -3.33. The number of aryl methyl sites for hydroxylation is 1. The Balaban J connectivity index is 2.60. The van der Waals surface area contributed by atoms with E-state index in [0.717, 1.165) is 9.88 Å². The highest BCUT2D eigenvalue weighted by Crippen LogP contribution is 2.19. The van der Waals surface area contributed by atoms with Crippen LogP contribution >= 0.6 is 11.3 Å². The van der Waals surface area contributed by atoms with Crippen LogP contribution in [0.1, 0.15) is 29.3 Å². The molecule has 0 aliphatic heterocycles. The zero-order valence-corrected chi connectivity index (χ0v) is 10.9. The Labute approximate surface area is 99.6 Å². The van der Waals surface area contributed by atoms with Crippen LogP contribution in [-0.2, 0) is 10.0 Å². The summed E-state index contributed by atoms with van der Waals surface area (Å²) in [5, 5.41) is 9.34. The third-order valence-electron chi connectivity index (χ3n) is 1.94. The SMILES string of the molecule is Cc1cnc(C(C)NS(=O)(=O)CCCO)s1. The Morgan fingerprint density at radius 3 is 2.81 bits per heavy atom. The van der Waals surface area contributed by atoms with Crippen LogP contribution < -0.4 is 4.72 Å². The highest BCUT2D eigenvalue weighted by molar-refractivity contribution is 7.89. The van der Waals surface area contributed by atoms with Crippen LogP contribution in [0, 0.1) is 6.92 Å². The Morgan fingerprint density at radius 2 is 2.31 bits per heavy atom. The lowest BCUT2D eigenvalue weighted by Crippen LogP contribution is -2.29. The Bertz CT molecular complexity index is 428. The van der Waals surface area contributed by atoms with Gasteiger partial charge in [-0.15, -0.1) is 11.3 Å². The maximum absolute atomic E-state index is 11.5. The molecule has 5 nitrogen and oxygen atoms in total. The van der Waals surface area contributed by atoms with Gasteiger partial charge in [0, 0.05) is 17.7 Å². The molecule has 0 aliphatic carbocycles. The molecule has 0 spiro atoms. The molecule has 1 unspecified atom stereocenters. The first-order chi connectivity index (χ1) is 7.44. The van der Waals surface area contributed by atoms with E-state index >= 15 is 0 Å². The van der Waals surface area contributed by atoms with Gasteiger partial charge in [-0.3, -0.25) is 0 Å². The number of nitrogens with zero attached hydrogens (tertiary/aromatic N) is 1. The molecule has 1 heterocycles. The quantitative estimate of drug-likeness (QED) is 0.797. The smallest absolute Gasteiger partial charge is 0.212 e. The van der Waals surface area contributed by atoms with E-state index < -0.39 is 10.0 Å². The van der Waals surface area contributed by atoms with Crippen LogP contribution in [-0.4, -0.2) is 30.9 Å². The average Bonchev–Trinajstić information content (AvgIpc) is 2.61. The number of sulfonamides is 1. The predicted molar refractivity (Wildman–Crippen MR) is 63.9 cm³/mol. The van der Waals surface area contributed by atoms with Crippen molar-refractivity contribution in [1.29, 1.82) is 0 Å². The van der Waals surface area contributed by atoms with Gasteiger partial charge in [-0.2, -0.15) is 0 Å². The summed E-state index contributed by atoms with van der Waals surface area (Å²) in [7, 11) is -3.33. The Kier molecular flexibility index (Phi) is 4.85. The van der Waals surface area contributed by atoms with E-state index in [9.17, 15) is 8.42 Å². The van der Waals surface area contributed by atoms with Gasteiger partial charge in [-0.05, 0) is 20.3 Å². The fraction of sp³-hybridized carbons (Fsp3) is 0.667. The summed E-state index contributed by atoms with van der Waals surface area (Å²) in [6, 6.07) is -0.317. The first-order valence-corrected chi connectivity index (χ1v) is 7.44. The van der Waals surface area contributed by atoms with Crippen molar-refractivity contribution in [2.24, 2.45) is 0 Å².